The van der Waals surface area contributed by atoms with Gasteiger partial charge in [-0.3, -0.25) is 13.9 Å². The van der Waals surface area contributed by atoms with Gasteiger partial charge >= 0.3 is 5.69 Å². The Morgan fingerprint density at radius 1 is 0.857 bits per heavy atom. The van der Waals surface area contributed by atoms with Crippen LogP contribution in [0.1, 0.15) is 35.1 Å². The SMILES string of the molecule is Cc1cc(C)cc(Cn2c(=O)cc(NC3CC3)n(Cc3ccccc3)c2=O)c1. The fourth-order valence-corrected chi connectivity index (χ4v) is 3.58. The van der Waals surface area contributed by atoms with Crippen LogP contribution < -0.4 is 16.6 Å². The van der Waals surface area contributed by atoms with Crippen LogP contribution in [0.2, 0.25) is 0 Å². The van der Waals surface area contributed by atoms with Crippen LogP contribution >= 0.6 is 0 Å². The standard InChI is InChI=1S/C23H25N3O2/c1-16-10-17(2)12-19(11-16)15-26-22(27)13-21(24-20-8-9-20)25(23(26)28)14-18-6-4-3-5-7-18/h3-7,10-13,20,24H,8-9,14-15H2,1-2H3. The second-order valence-corrected chi connectivity index (χ2v) is 7.72. The van der Waals surface area contributed by atoms with E-state index in [0.29, 0.717) is 18.4 Å². The van der Waals surface area contributed by atoms with Gasteiger partial charge in [-0.1, -0.05) is 59.7 Å². The molecule has 28 heavy (non-hydrogen) atoms. The normalized spacial score (nSPS) is 13.5. The zero-order valence-corrected chi connectivity index (χ0v) is 16.3. The van der Waals surface area contributed by atoms with Crippen LogP contribution in [0.5, 0.6) is 0 Å². The molecule has 1 fully saturated rings. The lowest BCUT2D eigenvalue weighted by atomic mass is 10.1. The minimum atomic E-state index is -0.279. The van der Waals surface area contributed by atoms with Crippen LogP contribution in [0.4, 0.5) is 5.82 Å². The molecule has 1 aromatic heterocycles. The lowest BCUT2D eigenvalue weighted by molar-refractivity contribution is 0.615. The Balaban J connectivity index is 1.77. The van der Waals surface area contributed by atoms with Crippen molar-refractivity contribution in [3.63, 3.8) is 0 Å². The molecule has 5 heteroatoms. The molecule has 3 aromatic rings. The molecule has 0 radical (unpaired) electrons. The Hall–Kier alpha value is -3.08. The van der Waals surface area contributed by atoms with E-state index >= 15 is 0 Å². The van der Waals surface area contributed by atoms with Gasteiger partial charge in [0.1, 0.15) is 5.82 Å². The molecule has 1 aliphatic carbocycles. The van der Waals surface area contributed by atoms with Crippen molar-refractivity contribution in [3.05, 3.63) is 97.7 Å². The van der Waals surface area contributed by atoms with Crippen molar-refractivity contribution in [1.82, 2.24) is 9.13 Å². The number of anilines is 1. The third-order valence-corrected chi connectivity index (χ3v) is 5.01. The molecule has 2 aromatic carbocycles. The highest BCUT2D eigenvalue weighted by atomic mass is 16.2. The average molecular weight is 375 g/mol. The van der Waals surface area contributed by atoms with E-state index in [-0.39, 0.29) is 17.8 Å². The molecule has 1 saturated carbocycles. The van der Waals surface area contributed by atoms with Crippen molar-refractivity contribution >= 4 is 5.82 Å². The van der Waals surface area contributed by atoms with Gasteiger partial charge in [0, 0.05) is 12.1 Å². The van der Waals surface area contributed by atoms with Gasteiger partial charge in [-0.05, 0) is 37.8 Å². The quantitative estimate of drug-likeness (QED) is 0.719. The van der Waals surface area contributed by atoms with Crippen molar-refractivity contribution < 1.29 is 0 Å². The van der Waals surface area contributed by atoms with E-state index in [0.717, 1.165) is 35.1 Å². The highest BCUT2D eigenvalue weighted by Gasteiger charge is 2.23. The minimum Gasteiger partial charge on any atom is -0.368 e. The number of hydrogen-bond donors (Lipinski definition) is 1. The van der Waals surface area contributed by atoms with Crippen molar-refractivity contribution in [2.75, 3.05) is 5.32 Å². The predicted molar refractivity (Wildman–Crippen MR) is 112 cm³/mol. The van der Waals surface area contributed by atoms with Crippen molar-refractivity contribution in [2.45, 2.75) is 45.8 Å². The van der Waals surface area contributed by atoms with Crippen LogP contribution in [0.25, 0.3) is 0 Å². The molecule has 1 heterocycles. The molecule has 4 rings (SSSR count). The Morgan fingerprint density at radius 3 is 2.14 bits per heavy atom. The van der Waals surface area contributed by atoms with Gasteiger partial charge in [0.15, 0.2) is 0 Å². The summed E-state index contributed by atoms with van der Waals surface area (Å²) in [5, 5.41) is 3.35. The van der Waals surface area contributed by atoms with Gasteiger partial charge in [0.2, 0.25) is 0 Å². The van der Waals surface area contributed by atoms with Gasteiger partial charge in [-0.2, -0.15) is 0 Å². The van der Waals surface area contributed by atoms with Crippen LogP contribution in [0.3, 0.4) is 0 Å². The number of rotatable bonds is 6. The molecule has 0 amide bonds. The first-order valence-electron chi connectivity index (χ1n) is 9.72. The molecule has 0 atom stereocenters. The third-order valence-electron chi connectivity index (χ3n) is 5.01. The Kier molecular flexibility index (Phi) is 4.90. The van der Waals surface area contributed by atoms with E-state index in [1.807, 2.05) is 56.3 Å². The summed E-state index contributed by atoms with van der Waals surface area (Å²) in [7, 11) is 0. The first kappa shape index (κ1) is 18.3. The molecular weight excluding hydrogens is 350 g/mol. The molecule has 0 bridgehead atoms. The first-order valence-corrected chi connectivity index (χ1v) is 9.72. The summed E-state index contributed by atoms with van der Waals surface area (Å²) in [4.78, 5) is 26.0. The fraction of sp³-hybridized carbons (Fsp3) is 0.304. The highest BCUT2D eigenvalue weighted by Crippen LogP contribution is 2.24. The highest BCUT2D eigenvalue weighted by molar-refractivity contribution is 5.38. The molecule has 144 valence electrons. The first-order chi connectivity index (χ1) is 13.5. The molecule has 1 aliphatic rings. The third kappa shape index (κ3) is 4.09. The second kappa shape index (κ2) is 7.50. The minimum absolute atomic E-state index is 0.267. The lowest BCUT2D eigenvalue weighted by Crippen LogP contribution is -2.41. The van der Waals surface area contributed by atoms with E-state index < -0.39 is 0 Å². The summed E-state index contributed by atoms with van der Waals surface area (Å²) in [6, 6.07) is 17.9. The lowest BCUT2D eigenvalue weighted by Gasteiger charge is -2.17. The summed E-state index contributed by atoms with van der Waals surface area (Å²) in [6.07, 6.45) is 2.15. The summed E-state index contributed by atoms with van der Waals surface area (Å²) in [5.41, 5.74) is 3.69. The second-order valence-electron chi connectivity index (χ2n) is 7.72. The number of aryl methyl sites for hydroxylation is 2. The number of nitrogens with one attached hydrogen (secondary N) is 1. The molecule has 1 N–H and O–H groups in total. The number of nitrogens with zero attached hydrogens (tertiary/aromatic N) is 2. The molecule has 0 aliphatic heterocycles. The average Bonchev–Trinajstić information content (AvgIpc) is 3.46. The Bertz CT molecular complexity index is 1090. The zero-order valence-electron chi connectivity index (χ0n) is 16.3. The number of aromatic nitrogens is 2. The maximum Gasteiger partial charge on any atom is 0.333 e. The van der Waals surface area contributed by atoms with E-state index in [2.05, 4.69) is 11.4 Å². The predicted octanol–water partition coefficient (Wildman–Crippen LogP) is 3.30. The molecular formula is C23H25N3O2. The van der Waals surface area contributed by atoms with Crippen LogP contribution in [-0.2, 0) is 13.1 Å². The molecule has 0 unspecified atom stereocenters. The van der Waals surface area contributed by atoms with E-state index in [1.54, 1.807) is 10.6 Å². The topological polar surface area (TPSA) is 56.0 Å². The van der Waals surface area contributed by atoms with Crippen LogP contribution in [-0.4, -0.2) is 15.2 Å². The zero-order chi connectivity index (χ0) is 19.7. The van der Waals surface area contributed by atoms with Gasteiger partial charge in [-0.15, -0.1) is 0 Å². The molecule has 0 saturated heterocycles. The fourth-order valence-electron chi connectivity index (χ4n) is 3.58. The number of hydrogen-bond acceptors (Lipinski definition) is 3. The van der Waals surface area contributed by atoms with E-state index in [1.165, 1.54) is 4.57 Å². The summed E-state index contributed by atoms with van der Waals surface area (Å²) in [5.74, 6) is 0.609. The summed E-state index contributed by atoms with van der Waals surface area (Å²) in [6.45, 7) is 4.76. The van der Waals surface area contributed by atoms with Crippen molar-refractivity contribution in [2.24, 2.45) is 0 Å². The van der Waals surface area contributed by atoms with Gasteiger partial charge < -0.3 is 5.32 Å². The van der Waals surface area contributed by atoms with E-state index in [4.69, 9.17) is 0 Å². The van der Waals surface area contributed by atoms with E-state index in [9.17, 15) is 9.59 Å². The van der Waals surface area contributed by atoms with Crippen LogP contribution in [0.15, 0.2) is 64.2 Å². The number of benzene rings is 2. The van der Waals surface area contributed by atoms with Crippen molar-refractivity contribution in [3.8, 4) is 0 Å². The Morgan fingerprint density at radius 2 is 1.50 bits per heavy atom. The van der Waals surface area contributed by atoms with Gasteiger partial charge in [0.05, 0.1) is 13.1 Å². The smallest absolute Gasteiger partial charge is 0.333 e. The van der Waals surface area contributed by atoms with Crippen molar-refractivity contribution in [1.29, 1.82) is 0 Å². The van der Waals surface area contributed by atoms with Gasteiger partial charge in [0.25, 0.3) is 5.56 Å². The molecule has 0 spiro atoms. The maximum atomic E-state index is 13.3. The summed E-state index contributed by atoms with van der Waals surface area (Å²) < 4.78 is 3.01. The molecule has 5 nitrogen and oxygen atoms in total. The largest absolute Gasteiger partial charge is 0.368 e. The Labute approximate surface area is 164 Å². The monoisotopic (exact) mass is 375 g/mol. The summed E-state index contributed by atoms with van der Waals surface area (Å²) >= 11 is 0. The maximum absolute atomic E-state index is 13.3. The van der Waals surface area contributed by atoms with Crippen LogP contribution in [0, 0.1) is 13.8 Å². The van der Waals surface area contributed by atoms with Gasteiger partial charge in [-0.25, -0.2) is 4.79 Å².